The van der Waals surface area contributed by atoms with Gasteiger partial charge in [0.15, 0.2) is 6.10 Å². The van der Waals surface area contributed by atoms with Crippen molar-refractivity contribution in [3.05, 3.63) is 0 Å². The zero-order valence-corrected chi connectivity index (χ0v) is 11.7. The lowest BCUT2D eigenvalue weighted by Gasteiger charge is -2.19. The highest BCUT2D eigenvalue weighted by molar-refractivity contribution is 7.48. The van der Waals surface area contributed by atoms with Gasteiger partial charge in [-0.2, -0.15) is 5.26 Å². The predicted molar refractivity (Wildman–Crippen MR) is 65.5 cm³/mol. The van der Waals surface area contributed by atoms with Gasteiger partial charge in [-0.3, -0.25) is 13.6 Å². The van der Waals surface area contributed by atoms with E-state index in [4.69, 9.17) is 18.8 Å². The van der Waals surface area contributed by atoms with Crippen molar-refractivity contribution < 1.29 is 18.1 Å². The van der Waals surface area contributed by atoms with Crippen molar-refractivity contribution in [1.29, 1.82) is 5.26 Å². The van der Waals surface area contributed by atoms with E-state index in [2.05, 4.69) is 6.92 Å². The second kappa shape index (κ2) is 9.61. The molecule has 0 aliphatic heterocycles. The van der Waals surface area contributed by atoms with Gasteiger partial charge < -0.3 is 0 Å². The van der Waals surface area contributed by atoms with E-state index in [1.807, 2.05) is 6.07 Å². The largest absolute Gasteiger partial charge is 0.476 e. The number of phosphoric ester groups is 1. The minimum Gasteiger partial charge on any atom is -0.287 e. The lowest BCUT2D eigenvalue weighted by molar-refractivity contribution is 0.0991. The molecule has 0 fully saturated rings. The molecular formula is C11H22NO4P. The van der Waals surface area contributed by atoms with Crippen LogP contribution in [0.3, 0.4) is 0 Å². The van der Waals surface area contributed by atoms with Gasteiger partial charge in [-0.25, -0.2) is 4.57 Å². The molecule has 0 unspecified atom stereocenters. The highest BCUT2D eigenvalue weighted by atomic mass is 31.2. The first-order chi connectivity index (χ1) is 8.11. The van der Waals surface area contributed by atoms with Gasteiger partial charge >= 0.3 is 7.82 Å². The molecule has 1 atom stereocenters. The molecule has 0 aromatic heterocycles. The van der Waals surface area contributed by atoms with Gasteiger partial charge in [0.1, 0.15) is 0 Å². The molecule has 0 rings (SSSR count). The summed E-state index contributed by atoms with van der Waals surface area (Å²) in [6.07, 6.45) is 2.77. The van der Waals surface area contributed by atoms with Crippen LogP contribution in [0.5, 0.6) is 0 Å². The Morgan fingerprint density at radius 2 is 1.76 bits per heavy atom. The van der Waals surface area contributed by atoms with Crippen LogP contribution >= 0.6 is 7.82 Å². The fourth-order valence-corrected chi connectivity index (χ4v) is 2.58. The average Bonchev–Trinajstić information content (AvgIpc) is 2.28. The fourth-order valence-electron chi connectivity index (χ4n) is 1.29. The second-order valence-corrected chi connectivity index (χ2v) is 5.12. The van der Waals surface area contributed by atoms with Gasteiger partial charge in [-0.1, -0.05) is 19.8 Å². The molecule has 0 aromatic rings. The first-order valence-electron chi connectivity index (χ1n) is 6.09. The predicted octanol–water partition coefficient (Wildman–Crippen LogP) is 3.66. The molecule has 0 heterocycles. The number of phosphoric acid groups is 1. The molecule has 0 aliphatic rings. The topological polar surface area (TPSA) is 68.5 Å². The summed E-state index contributed by atoms with van der Waals surface area (Å²) in [6, 6.07) is 1.98. The summed E-state index contributed by atoms with van der Waals surface area (Å²) >= 11 is 0. The van der Waals surface area contributed by atoms with Gasteiger partial charge in [0, 0.05) is 0 Å². The molecule has 0 spiro atoms. The normalized spacial score (nSPS) is 13.3. The molecular weight excluding hydrogens is 241 g/mol. The van der Waals surface area contributed by atoms with Gasteiger partial charge in [-0.05, 0) is 26.7 Å². The highest BCUT2D eigenvalue weighted by Gasteiger charge is 2.29. The lowest BCUT2D eigenvalue weighted by Crippen LogP contribution is -2.11. The molecule has 6 heteroatoms. The summed E-state index contributed by atoms with van der Waals surface area (Å²) in [5.74, 6) is 0. The first kappa shape index (κ1) is 16.6. The van der Waals surface area contributed by atoms with E-state index in [1.54, 1.807) is 13.8 Å². The monoisotopic (exact) mass is 263 g/mol. The fraction of sp³-hybridized carbons (Fsp3) is 0.909. The van der Waals surface area contributed by atoms with Crippen molar-refractivity contribution in [1.82, 2.24) is 0 Å². The van der Waals surface area contributed by atoms with E-state index in [0.717, 1.165) is 19.3 Å². The molecule has 5 nitrogen and oxygen atoms in total. The Morgan fingerprint density at radius 3 is 2.18 bits per heavy atom. The summed E-state index contributed by atoms with van der Waals surface area (Å²) in [4.78, 5) is 0. The van der Waals surface area contributed by atoms with Crippen molar-refractivity contribution in [3.63, 3.8) is 0 Å². The summed E-state index contributed by atoms with van der Waals surface area (Å²) in [5, 5.41) is 8.92. The van der Waals surface area contributed by atoms with Crippen molar-refractivity contribution in [2.75, 3.05) is 13.2 Å². The Kier molecular flexibility index (Phi) is 9.39. The first-order valence-corrected chi connectivity index (χ1v) is 7.55. The van der Waals surface area contributed by atoms with Gasteiger partial charge in [0.2, 0.25) is 0 Å². The minimum absolute atomic E-state index is 0.227. The molecule has 100 valence electrons. The third-order valence-corrected chi connectivity index (χ3v) is 3.71. The molecule has 0 saturated heterocycles. The van der Waals surface area contributed by atoms with Gasteiger partial charge in [-0.15, -0.1) is 0 Å². The SMILES string of the molecule is CCCCC[C@H](C#N)OP(=O)(OCC)OCC. The molecule has 0 N–H and O–H groups in total. The molecule has 0 aliphatic carbocycles. The van der Waals surface area contributed by atoms with Gasteiger partial charge in [0.05, 0.1) is 19.3 Å². The van der Waals surface area contributed by atoms with E-state index >= 15 is 0 Å². The second-order valence-electron chi connectivity index (χ2n) is 3.50. The van der Waals surface area contributed by atoms with Crippen LogP contribution in [0.1, 0.15) is 46.5 Å². The van der Waals surface area contributed by atoms with E-state index < -0.39 is 13.9 Å². The summed E-state index contributed by atoms with van der Waals surface area (Å²) in [5.41, 5.74) is 0. The van der Waals surface area contributed by atoms with E-state index in [-0.39, 0.29) is 13.2 Å². The maximum Gasteiger partial charge on any atom is 0.476 e. The van der Waals surface area contributed by atoms with Crippen LogP contribution in [-0.2, 0) is 18.1 Å². The Hall–Kier alpha value is -0.400. The van der Waals surface area contributed by atoms with Crippen molar-refractivity contribution in [2.45, 2.75) is 52.6 Å². The Labute approximate surface area is 104 Å². The van der Waals surface area contributed by atoms with Crippen LogP contribution in [0.4, 0.5) is 0 Å². The summed E-state index contributed by atoms with van der Waals surface area (Å²) < 4.78 is 27.1. The van der Waals surface area contributed by atoms with Crippen LogP contribution in [-0.4, -0.2) is 19.3 Å². The molecule has 17 heavy (non-hydrogen) atoms. The van der Waals surface area contributed by atoms with Crippen molar-refractivity contribution in [2.24, 2.45) is 0 Å². The third-order valence-electron chi connectivity index (χ3n) is 2.04. The maximum absolute atomic E-state index is 12.0. The molecule has 0 radical (unpaired) electrons. The Balaban J connectivity index is 4.29. The lowest BCUT2D eigenvalue weighted by atomic mass is 10.1. The van der Waals surface area contributed by atoms with Crippen LogP contribution in [0.2, 0.25) is 0 Å². The molecule has 0 aromatic carbocycles. The van der Waals surface area contributed by atoms with Crippen molar-refractivity contribution >= 4 is 7.82 Å². The van der Waals surface area contributed by atoms with E-state index in [1.165, 1.54) is 0 Å². The Bertz CT molecular complexity index is 267. The standard InChI is InChI=1S/C11H22NO4P/c1-4-7-8-9-11(10-12)16-17(13,14-5-2)15-6-3/h11H,4-9H2,1-3H3/t11-/m1/s1. The zero-order valence-electron chi connectivity index (χ0n) is 10.8. The number of nitrogens with zero attached hydrogens (tertiary/aromatic N) is 1. The summed E-state index contributed by atoms with van der Waals surface area (Å²) in [6.45, 7) is 5.93. The van der Waals surface area contributed by atoms with Crippen LogP contribution in [0.15, 0.2) is 0 Å². The molecule has 0 amide bonds. The summed E-state index contributed by atoms with van der Waals surface area (Å²) in [7, 11) is -3.56. The maximum atomic E-state index is 12.0. The smallest absolute Gasteiger partial charge is 0.287 e. The quantitative estimate of drug-likeness (QED) is 0.444. The van der Waals surface area contributed by atoms with Crippen LogP contribution in [0.25, 0.3) is 0 Å². The van der Waals surface area contributed by atoms with Crippen molar-refractivity contribution in [3.8, 4) is 6.07 Å². The number of rotatable bonds is 10. The van der Waals surface area contributed by atoms with Crippen LogP contribution < -0.4 is 0 Å². The number of nitriles is 1. The van der Waals surface area contributed by atoms with E-state index in [9.17, 15) is 4.57 Å². The average molecular weight is 263 g/mol. The third kappa shape index (κ3) is 7.51. The minimum atomic E-state index is -3.56. The number of hydrogen-bond donors (Lipinski definition) is 0. The number of unbranched alkanes of at least 4 members (excludes halogenated alkanes) is 2. The molecule has 0 bridgehead atoms. The Morgan fingerprint density at radius 1 is 1.18 bits per heavy atom. The van der Waals surface area contributed by atoms with Crippen LogP contribution in [0, 0.1) is 11.3 Å². The molecule has 0 saturated carbocycles. The van der Waals surface area contributed by atoms with Gasteiger partial charge in [0.25, 0.3) is 0 Å². The zero-order chi connectivity index (χ0) is 13.1. The van der Waals surface area contributed by atoms with E-state index in [0.29, 0.717) is 6.42 Å². The highest BCUT2D eigenvalue weighted by Crippen LogP contribution is 2.50. The number of hydrogen-bond acceptors (Lipinski definition) is 5.